The SMILES string of the molecule is C=Cc1nc(-c2cccc(-c3ccc4c(c3)c3c5oc(-c6ccccc6)nc5cc5c6ccccc6n4c53)c2)nc(-n2c3ccccc3c3ccccc32)c1C=C. The van der Waals surface area contributed by atoms with Gasteiger partial charge in [-0.15, -0.1) is 0 Å². The minimum Gasteiger partial charge on any atom is -0.435 e. The fourth-order valence-corrected chi connectivity index (χ4v) is 8.94. The second kappa shape index (κ2) is 11.8. The molecule has 12 aromatic rings. The van der Waals surface area contributed by atoms with Crippen molar-refractivity contribution in [1.29, 1.82) is 0 Å². The Labute approximate surface area is 326 Å². The number of hydrogen-bond donors (Lipinski definition) is 0. The lowest BCUT2D eigenvalue weighted by Gasteiger charge is -2.15. The van der Waals surface area contributed by atoms with Gasteiger partial charge >= 0.3 is 0 Å². The quantitative estimate of drug-likeness (QED) is 0.171. The van der Waals surface area contributed by atoms with Gasteiger partial charge < -0.3 is 8.82 Å². The van der Waals surface area contributed by atoms with Crippen molar-refractivity contribution >= 4 is 83.2 Å². The number of benzene rings is 7. The zero-order chi connectivity index (χ0) is 37.8. The first-order valence-corrected chi connectivity index (χ1v) is 19.0. The van der Waals surface area contributed by atoms with Gasteiger partial charge in [0, 0.05) is 43.6 Å². The van der Waals surface area contributed by atoms with Crippen LogP contribution in [0, 0.1) is 0 Å². The second-order valence-electron chi connectivity index (χ2n) is 14.5. The summed E-state index contributed by atoms with van der Waals surface area (Å²) >= 11 is 0. The fourth-order valence-electron chi connectivity index (χ4n) is 8.94. The summed E-state index contributed by atoms with van der Waals surface area (Å²) in [5.74, 6) is 1.99. The number of aromatic nitrogens is 5. The molecule has 0 aliphatic rings. The van der Waals surface area contributed by atoms with Gasteiger partial charge in [0.25, 0.3) is 0 Å². The van der Waals surface area contributed by atoms with Crippen LogP contribution in [0.15, 0.2) is 169 Å². The smallest absolute Gasteiger partial charge is 0.227 e. The highest BCUT2D eigenvalue weighted by Crippen LogP contribution is 2.45. The Morgan fingerprint density at radius 2 is 1.12 bits per heavy atom. The van der Waals surface area contributed by atoms with Crippen molar-refractivity contribution in [2.45, 2.75) is 0 Å². The maximum absolute atomic E-state index is 6.67. The van der Waals surface area contributed by atoms with E-state index in [0.29, 0.717) is 11.7 Å². The molecule has 0 aliphatic carbocycles. The van der Waals surface area contributed by atoms with Gasteiger partial charge in [-0.3, -0.25) is 4.57 Å². The molecular weight excluding hydrogens is 699 g/mol. The highest BCUT2D eigenvalue weighted by Gasteiger charge is 2.24. The summed E-state index contributed by atoms with van der Waals surface area (Å²) in [7, 11) is 0. The molecule has 266 valence electrons. The van der Waals surface area contributed by atoms with Crippen LogP contribution in [-0.2, 0) is 0 Å². The summed E-state index contributed by atoms with van der Waals surface area (Å²) in [6, 6.07) is 53.0. The molecule has 0 bridgehead atoms. The van der Waals surface area contributed by atoms with Crippen LogP contribution in [0.4, 0.5) is 0 Å². The topological polar surface area (TPSA) is 61.1 Å². The van der Waals surface area contributed by atoms with Crippen LogP contribution >= 0.6 is 0 Å². The number of hydrogen-bond acceptors (Lipinski definition) is 4. The Bertz CT molecular complexity index is 3570. The minimum absolute atomic E-state index is 0.611. The van der Waals surface area contributed by atoms with Crippen molar-refractivity contribution in [2.24, 2.45) is 0 Å². The van der Waals surface area contributed by atoms with E-state index in [4.69, 9.17) is 19.4 Å². The fraction of sp³-hybridized carbons (Fsp3) is 0. The molecule has 0 saturated carbocycles. The van der Waals surface area contributed by atoms with Gasteiger partial charge in [0.15, 0.2) is 11.4 Å². The second-order valence-corrected chi connectivity index (χ2v) is 14.5. The lowest BCUT2D eigenvalue weighted by atomic mass is 9.99. The van der Waals surface area contributed by atoms with E-state index in [-0.39, 0.29) is 0 Å². The van der Waals surface area contributed by atoms with Crippen molar-refractivity contribution in [3.63, 3.8) is 0 Å². The van der Waals surface area contributed by atoms with Crippen molar-refractivity contribution < 1.29 is 4.42 Å². The third kappa shape index (κ3) is 4.43. The molecule has 0 unspecified atom stereocenters. The van der Waals surface area contributed by atoms with Crippen LogP contribution in [0.2, 0.25) is 0 Å². The monoisotopic (exact) mass is 729 g/mol. The lowest BCUT2D eigenvalue weighted by Crippen LogP contribution is -2.06. The van der Waals surface area contributed by atoms with E-state index >= 15 is 0 Å². The molecule has 7 aromatic carbocycles. The molecular formula is C51H31N5O. The van der Waals surface area contributed by atoms with E-state index in [0.717, 1.165) is 105 Å². The van der Waals surface area contributed by atoms with Gasteiger partial charge in [0.05, 0.1) is 38.7 Å². The molecule has 0 amide bonds. The summed E-state index contributed by atoms with van der Waals surface area (Å²) in [4.78, 5) is 15.4. The summed E-state index contributed by atoms with van der Waals surface area (Å²) in [6.07, 6.45) is 3.62. The molecule has 12 rings (SSSR count). The minimum atomic E-state index is 0.611. The maximum atomic E-state index is 6.67. The largest absolute Gasteiger partial charge is 0.435 e. The number of nitrogens with zero attached hydrogens (tertiary/aromatic N) is 5. The summed E-state index contributed by atoms with van der Waals surface area (Å²) in [6.45, 7) is 8.32. The standard InChI is InChI=1S/C51H31N5O/c1-3-34-40(4-2)52-49(54-50(34)56-43-23-12-8-19-35(43)36-20-9-13-24-44(36)56)33-18-14-17-31(27-33)32-25-26-45-39(28-32)46-47-38(37-21-10-11-22-42(37)55(45)47)29-41-48(46)57-51(53-41)30-15-6-5-7-16-30/h3-29H,1-2H2. The van der Waals surface area contributed by atoms with Crippen LogP contribution in [0.3, 0.4) is 0 Å². The average Bonchev–Trinajstić information content (AvgIpc) is 4.03. The van der Waals surface area contributed by atoms with E-state index in [1.807, 2.05) is 36.4 Å². The van der Waals surface area contributed by atoms with Crippen molar-refractivity contribution in [3.05, 3.63) is 176 Å². The van der Waals surface area contributed by atoms with Gasteiger partial charge in [0.2, 0.25) is 5.89 Å². The average molecular weight is 730 g/mol. The third-order valence-corrected chi connectivity index (χ3v) is 11.4. The van der Waals surface area contributed by atoms with E-state index in [9.17, 15) is 0 Å². The molecule has 0 N–H and O–H groups in total. The molecule has 0 atom stereocenters. The third-order valence-electron chi connectivity index (χ3n) is 11.4. The van der Waals surface area contributed by atoms with E-state index in [1.165, 1.54) is 5.39 Å². The summed E-state index contributed by atoms with van der Waals surface area (Å²) < 4.78 is 11.3. The van der Waals surface area contributed by atoms with Crippen LogP contribution in [0.25, 0.3) is 123 Å². The molecule has 0 fully saturated rings. The Morgan fingerprint density at radius 1 is 0.491 bits per heavy atom. The zero-order valence-electron chi connectivity index (χ0n) is 30.6. The number of para-hydroxylation sites is 3. The Morgan fingerprint density at radius 3 is 1.86 bits per heavy atom. The van der Waals surface area contributed by atoms with Crippen molar-refractivity contribution in [1.82, 2.24) is 23.9 Å². The first-order chi connectivity index (χ1) is 28.2. The van der Waals surface area contributed by atoms with E-state index < -0.39 is 0 Å². The Balaban J connectivity index is 1.07. The predicted molar refractivity (Wildman–Crippen MR) is 235 cm³/mol. The predicted octanol–water partition coefficient (Wildman–Crippen LogP) is 13.2. The highest BCUT2D eigenvalue weighted by atomic mass is 16.3. The summed E-state index contributed by atoms with van der Waals surface area (Å²) in [5, 5.41) is 6.87. The van der Waals surface area contributed by atoms with Crippen LogP contribution in [-0.4, -0.2) is 23.9 Å². The molecule has 57 heavy (non-hydrogen) atoms. The van der Waals surface area contributed by atoms with Gasteiger partial charge in [-0.25, -0.2) is 15.0 Å². The summed E-state index contributed by atoms with van der Waals surface area (Å²) in [5.41, 5.74) is 12.7. The lowest BCUT2D eigenvalue weighted by molar-refractivity contribution is 0.623. The Kier molecular flexibility index (Phi) is 6.54. The molecule has 5 heterocycles. The Hall–Kier alpha value is -7.83. The van der Waals surface area contributed by atoms with Crippen molar-refractivity contribution in [3.8, 4) is 39.8 Å². The molecule has 0 radical (unpaired) electrons. The molecule has 0 aliphatic heterocycles. The first kappa shape index (κ1) is 31.5. The maximum Gasteiger partial charge on any atom is 0.227 e. The molecule has 6 heteroatoms. The van der Waals surface area contributed by atoms with Gasteiger partial charge in [-0.2, -0.15) is 0 Å². The first-order valence-electron chi connectivity index (χ1n) is 19.0. The van der Waals surface area contributed by atoms with Gasteiger partial charge in [-0.1, -0.05) is 116 Å². The molecule has 5 aromatic heterocycles. The molecule has 6 nitrogen and oxygen atoms in total. The highest BCUT2D eigenvalue weighted by molar-refractivity contribution is 6.30. The van der Waals surface area contributed by atoms with Crippen LogP contribution in [0.1, 0.15) is 11.3 Å². The van der Waals surface area contributed by atoms with E-state index in [2.05, 4.69) is 143 Å². The molecule has 0 saturated heterocycles. The van der Waals surface area contributed by atoms with Crippen LogP contribution in [0.5, 0.6) is 0 Å². The van der Waals surface area contributed by atoms with E-state index in [1.54, 1.807) is 6.08 Å². The number of rotatable bonds is 6. The molecule has 0 spiro atoms. The van der Waals surface area contributed by atoms with Gasteiger partial charge in [-0.05, 0) is 71.8 Å². The normalized spacial score (nSPS) is 12.0. The van der Waals surface area contributed by atoms with Crippen molar-refractivity contribution in [2.75, 3.05) is 0 Å². The zero-order valence-corrected chi connectivity index (χ0v) is 30.6. The number of oxazole rings is 1. The van der Waals surface area contributed by atoms with Crippen LogP contribution < -0.4 is 0 Å². The van der Waals surface area contributed by atoms with Gasteiger partial charge in [0.1, 0.15) is 11.3 Å². The number of fused-ring (bicyclic) bond motifs is 11.